The lowest BCUT2D eigenvalue weighted by Crippen LogP contribution is -2.19. The summed E-state index contributed by atoms with van der Waals surface area (Å²) >= 11 is 6.43. The van der Waals surface area contributed by atoms with E-state index >= 15 is 0 Å². The lowest BCUT2D eigenvalue weighted by atomic mass is 9.89. The third kappa shape index (κ3) is 3.52. The van der Waals surface area contributed by atoms with Crippen LogP contribution in [0.2, 0.25) is 5.02 Å². The summed E-state index contributed by atoms with van der Waals surface area (Å²) in [6, 6.07) is 5.52. The van der Waals surface area contributed by atoms with Crippen LogP contribution in [0, 0.1) is 5.41 Å². The third-order valence-electron chi connectivity index (χ3n) is 5.15. The molecule has 0 fully saturated rings. The maximum atomic E-state index is 12.6. The number of rotatable bonds is 4. The van der Waals surface area contributed by atoms with E-state index in [0.717, 1.165) is 29.7 Å². The number of nitrogens with zero attached hydrogens (tertiary/aromatic N) is 4. The second-order valence-corrected chi connectivity index (χ2v) is 8.46. The molecule has 1 aliphatic rings. The van der Waals surface area contributed by atoms with Gasteiger partial charge in [-0.2, -0.15) is 5.10 Å². The molecule has 0 saturated heterocycles. The minimum atomic E-state index is -0.337. The van der Waals surface area contributed by atoms with Crippen LogP contribution in [0.25, 0.3) is 11.1 Å². The molecule has 0 spiro atoms. The highest BCUT2D eigenvalue weighted by Crippen LogP contribution is 2.39. The Morgan fingerprint density at radius 2 is 2.11 bits per heavy atom. The molecule has 1 aliphatic heterocycles. The minimum absolute atomic E-state index is 0.143. The van der Waals surface area contributed by atoms with Crippen LogP contribution in [-0.2, 0) is 17.8 Å². The van der Waals surface area contributed by atoms with Crippen LogP contribution < -0.4 is 5.32 Å². The van der Waals surface area contributed by atoms with E-state index in [1.54, 1.807) is 18.6 Å². The molecule has 1 amide bonds. The largest absolute Gasteiger partial charge is 0.310 e. The molecule has 0 aliphatic carbocycles. The number of aromatic nitrogens is 4. The van der Waals surface area contributed by atoms with Gasteiger partial charge in [0.1, 0.15) is 5.82 Å². The normalized spacial score (nSPS) is 15.9. The van der Waals surface area contributed by atoms with Gasteiger partial charge in [0.25, 0.3) is 0 Å². The molecule has 1 unspecified atom stereocenters. The summed E-state index contributed by atoms with van der Waals surface area (Å²) in [6.45, 7) is 7.18. The van der Waals surface area contributed by atoms with Gasteiger partial charge >= 0.3 is 0 Å². The van der Waals surface area contributed by atoms with E-state index < -0.39 is 0 Å². The Balaban J connectivity index is 1.60. The fraction of sp³-hybridized carbons (Fsp3) is 0.333. The van der Waals surface area contributed by atoms with Crippen molar-refractivity contribution in [2.45, 2.75) is 39.7 Å². The molecule has 28 heavy (non-hydrogen) atoms. The Bertz CT molecular complexity index is 1030. The predicted octanol–water partition coefficient (Wildman–Crippen LogP) is 4.32. The summed E-state index contributed by atoms with van der Waals surface area (Å²) in [6.07, 6.45) is 7.73. The Hall–Kier alpha value is -2.73. The van der Waals surface area contributed by atoms with Gasteiger partial charge in [-0.15, -0.1) is 0 Å². The highest BCUT2D eigenvalue weighted by Gasteiger charge is 2.32. The van der Waals surface area contributed by atoms with E-state index in [2.05, 4.69) is 34.2 Å². The lowest BCUT2D eigenvalue weighted by molar-refractivity contribution is -0.117. The molecule has 1 atom stereocenters. The molecule has 0 bridgehead atoms. The molecule has 4 heterocycles. The van der Waals surface area contributed by atoms with E-state index in [4.69, 9.17) is 11.6 Å². The second kappa shape index (κ2) is 7.02. The Morgan fingerprint density at radius 1 is 1.29 bits per heavy atom. The molecular formula is C21H22ClN5O. The first-order valence-corrected chi connectivity index (χ1v) is 9.63. The fourth-order valence-corrected chi connectivity index (χ4v) is 3.81. The Morgan fingerprint density at radius 3 is 2.86 bits per heavy atom. The van der Waals surface area contributed by atoms with Crippen LogP contribution in [0.4, 0.5) is 5.82 Å². The van der Waals surface area contributed by atoms with Crippen molar-refractivity contribution >= 4 is 23.3 Å². The molecular weight excluding hydrogens is 374 g/mol. The van der Waals surface area contributed by atoms with Crippen molar-refractivity contribution in [2.75, 3.05) is 5.32 Å². The van der Waals surface area contributed by atoms with Crippen molar-refractivity contribution in [3.63, 3.8) is 0 Å². The number of amides is 1. The van der Waals surface area contributed by atoms with Crippen LogP contribution in [-0.4, -0.2) is 25.7 Å². The van der Waals surface area contributed by atoms with Gasteiger partial charge in [0.2, 0.25) is 5.91 Å². The number of nitrogens with one attached hydrogen (secondary N) is 1. The van der Waals surface area contributed by atoms with Crippen LogP contribution in [0.3, 0.4) is 0 Å². The number of hydrogen-bond donors (Lipinski definition) is 1. The SMILES string of the molecule is CC(C(=O)Nc1cc(-c2cnn3c2CC(C)(C)C3)c(Cl)cn1)c1cccnc1. The summed E-state index contributed by atoms with van der Waals surface area (Å²) in [5.74, 6) is -0.0108. The van der Waals surface area contributed by atoms with Gasteiger partial charge in [-0.1, -0.05) is 31.5 Å². The zero-order valence-electron chi connectivity index (χ0n) is 16.1. The van der Waals surface area contributed by atoms with Gasteiger partial charge in [0, 0.05) is 42.0 Å². The first-order valence-electron chi connectivity index (χ1n) is 9.25. The molecule has 3 aromatic rings. The zero-order chi connectivity index (χ0) is 19.9. The molecule has 0 aromatic carbocycles. The number of pyridine rings is 2. The fourth-order valence-electron chi connectivity index (χ4n) is 3.60. The molecule has 1 N–H and O–H groups in total. The first kappa shape index (κ1) is 18.6. The minimum Gasteiger partial charge on any atom is -0.310 e. The third-order valence-corrected chi connectivity index (χ3v) is 5.45. The number of carbonyl (C=O) groups is 1. The van der Waals surface area contributed by atoms with E-state index in [0.29, 0.717) is 10.8 Å². The van der Waals surface area contributed by atoms with Crippen molar-refractivity contribution in [2.24, 2.45) is 5.41 Å². The summed E-state index contributed by atoms with van der Waals surface area (Å²) in [4.78, 5) is 21.0. The standard InChI is InChI=1S/C21H22ClN5O/c1-13(14-5-4-6-23-9-14)20(28)26-19-7-15(17(22)11-24-19)16-10-25-27-12-21(2,3)8-18(16)27/h4-7,9-11,13H,8,12H2,1-3H3,(H,24,26,28). The number of anilines is 1. The zero-order valence-corrected chi connectivity index (χ0v) is 16.9. The van der Waals surface area contributed by atoms with Crippen molar-refractivity contribution < 1.29 is 4.79 Å². The average Bonchev–Trinajstić information content (AvgIpc) is 3.18. The number of hydrogen-bond acceptors (Lipinski definition) is 4. The quantitative estimate of drug-likeness (QED) is 0.714. The van der Waals surface area contributed by atoms with Gasteiger partial charge in [0.15, 0.2) is 0 Å². The summed E-state index contributed by atoms with van der Waals surface area (Å²) in [5, 5.41) is 7.94. The van der Waals surface area contributed by atoms with E-state index in [9.17, 15) is 4.79 Å². The maximum Gasteiger partial charge on any atom is 0.232 e. The lowest BCUT2D eigenvalue weighted by Gasteiger charge is -2.15. The van der Waals surface area contributed by atoms with Crippen LogP contribution in [0.15, 0.2) is 43.0 Å². The highest BCUT2D eigenvalue weighted by molar-refractivity contribution is 6.33. The maximum absolute atomic E-state index is 12.6. The van der Waals surface area contributed by atoms with Crippen LogP contribution in [0.5, 0.6) is 0 Å². The predicted molar refractivity (Wildman–Crippen MR) is 109 cm³/mol. The van der Waals surface area contributed by atoms with Crippen molar-refractivity contribution in [1.29, 1.82) is 0 Å². The highest BCUT2D eigenvalue weighted by atomic mass is 35.5. The molecule has 3 aromatic heterocycles. The smallest absolute Gasteiger partial charge is 0.232 e. The van der Waals surface area contributed by atoms with Crippen molar-refractivity contribution in [3.05, 3.63) is 59.3 Å². The number of carbonyl (C=O) groups excluding carboxylic acids is 1. The topological polar surface area (TPSA) is 72.7 Å². The van der Waals surface area contributed by atoms with Gasteiger partial charge in [-0.25, -0.2) is 4.98 Å². The van der Waals surface area contributed by atoms with Gasteiger partial charge in [-0.05, 0) is 36.5 Å². The monoisotopic (exact) mass is 395 g/mol. The Labute approximate surface area is 169 Å². The molecule has 4 rings (SSSR count). The van der Waals surface area contributed by atoms with Crippen LogP contribution in [0.1, 0.15) is 37.9 Å². The van der Waals surface area contributed by atoms with E-state index in [1.807, 2.05) is 36.0 Å². The van der Waals surface area contributed by atoms with E-state index in [1.165, 1.54) is 5.69 Å². The van der Waals surface area contributed by atoms with Gasteiger partial charge in [-0.3, -0.25) is 14.5 Å². The first-order chi connectivity index (χ1) is 13.3. The molecule has 7 heteroatoms. The summed E-state index contributed by atoms with van der Waals surface area (Å²) in [7, 11) is 0. The van der Waals surface area contributed by atoms with Gasteiger partial charge in [0.05, 0.1) is 17.1 Å². The summed E-state index contributed by atoms with van der Waals surface area (Å²) in [5.41, 5.74) is 4.02. The Kier molecular flexibility index (Phi) is 4.67. The van der Waals surface area contributed by atoms with Crippen molar-refractivity contribution in [3.8, 4) is 11.1 Å². The molecule has 144 valence electrons. The number of halogens is 1. The van der Waals surface area contributed by atoms with Crippen LogP contribution >= 0.6 is 11.6 Å². The molecule has 6 nitrogen and oxygen atoms in total. The van der Waals surface area contributed by atoms with Gasteiger partial charge < -0.3 is 5.32 Å². The molecule has 0 saturated carbocycles. The molecule has 0 radical (unpaired) electrons. The number of fused-ring (bicyclic) bond motifs is 1. The average molecular weight is 396 g/mol. The van der Waals surface area contributed by atoms with E-state index in [-0.39, 0.29) is 17.2 Å². The summed E-state index contributed by atoms with van der Waals surface area (Å²) < 4.78 is 2.04. The van der Waals surface area contributed by atoms with Crippen molar-refractivity contribution in [1.82, 2.24) is 19.7 Å². The second-order valence-electron chi connectivity index (χ2n) is 8.05.